The number of pyridine rings is 1. The van der Waals surface area contributed by atoms with Gasteiger partial charge in [-0.25, -0.2) is 4.98 Å². The van der Waals surface area contributed by atoms with Crippen LogP contribution in [0.5, 0.6) is 5.75 Å². The van der Waals surface area contributed by atoms with Gasteiger partial charge in [0.1, 0.15) is 5.75 Å². The highest BCUT2D eigenvalue weighted by atomic mass is 16.5. The highest BCUT2D eigenvalue weighted by molar-refractivity contribution is 6.13. The summed E-state index contributed by atoms with van der Waals surface area (Å²) < 4.78 is 5.26. The Labute approximate surface area is 215 Å². The normalized spacial score (nSPS) is 10.6. The largest absolute Gasteiger partial charge is 0.497 e. The molecule has 0 saturated carbocycles. The van der Waals surface area contributed by atoms with Gasteiger partial charge in [0.2, 0.25) is 0 Å². The van der Waals surface area contributed by atoms with Crippen molar-refractivity contribution in [3.63, 3.8) is 0 Å². The van der Waals surface area contributed by atoms with Gasteiger partial charge in [-0.05, 0) is 79.7 Å². The summed E-state index contributed by atoms with van der Waals surface area (Å²) >= 11 is 0. The van der Waals surface area contributed by atoms with E-state index in [1.54, 1.807) is 37.4 Å². The van der Waals surface area contributed by atoms with E-state index < -0.39 is 0 Å². The van der Waals surface area contributed by atoms with E-state index in [1.165, 1.54) is 0 Å². The first-order valence-corrected chi connectivity index (χ1v) is 11.8. The summed E-state index contributed by atoms with van der Waals surface area (Å²) in [4.78, 5) is 31.1. The zero-order valence-electron chi connectivity index (χ0n) is 20.5. The lowest BCUT2D eigenvalue weighted by atomic mass is 10.0. The molecule has 0 aliphatic rings. The van der Waals surface area contributed by atoms with E-state index in [4.69, 9.17) is 9.72 Å². The maximum Gasteiger partial charge on any atom is 0.256 e. The van der Waals surface area contributed by atoms with E-state index in [9.17, 15) is 9.59 Å². The molecule has 0 bridgehead atoms. The molecule has 1 aromatic heterocycles. The van der Waals surface area contributed by atoms with Gasteiger partial charge in [-0.1, -0.05) is 35.9 Å². The Morgan fingerprint density at radius 3 is 2.22 bits per heavy atom. The minimum absolute atomic E-state index is 0.255. The number of methoxy groups -OCH3 is 1. The van der Waals surface area contributed by atoms with E-state index in [0.717, 1.165) is 27.8 Å². The molecular formula is C31H25N3O3. The fourth-order valence-electron chi connectivity index (χ4n) is 4.10. The van der Waals surface area contributed by atoms with Crippen LogP contribution in [0.4, 0.5) is 11.4 Å². The standard InChI is InChI=1S/C31H25N3O3/c1-20-11-16-28-26(17-20)27(19-29(34-28)21-12-14-25(37-2)15-13-21)31(36)33-24-10-6-7-22(18-24)30(35)32-23-8-4-3-5-9-23/h3-19H,1-2H3,(H,32,35)(H,33,36). The van der Waals surface area contributed by atoms with Crippen molar-refractivity contribution in [1.82, 2.24) is 4.98 Å². The van der Waals surface area contributed by atoms with Crippen LogP contribution in [0.25, 0.3) is 22.2 Å². The van der Waals surface area contributed by atoms with Crippen molar-refractivity contribution in [3.8, 4) is 17.0 Å². The SMILES string of the molecule is COc1ccc(-c2cc(C(=O)Nc3cccc(C(=O)Nc4ccccc4)c3)c3cc(C)ccc3n2)cc1. The summed E-state index contributed by atoms with van der Waals surface area (Å²) in [7, 11) is 1.62. The van der Waals surface area contributed by atoms with Crippen LogP contribution in [0.3, 0.4) is 0 Å². The summed E-state index contributed by atoms with van der Waals surface area (Å²) in [5, 5.41) is 6.58. The number of ether oxygens (including phenoxy) is 1. The van der Waals surface area contributed by atoms with E-state index in [0.29, 0.717) is 28.2 Å². The lowest BCUT2D eigenvalue weighted by Gasteiger charge is -2.12. The molecule has 5 aromatic rings. The minimum Gasteiger partial charge on any atom is -0.497 e. The maximum atomic E-state index is 13.5. The van der Waals surface area contributed by atoms with Gasteiger partial charge in [-0.3, -0.25) is 9.59 Å². The number of amides is 2. The number of hydrogen-bond acceptors (Lipinski definition) is 4. The molecule has 6 heteroatoms. The number of hydrogen-bond donors (Lipinski definition) is 2. The van der Waals surface area contributed by atoms with Crippen LogP contribution in [-0.4, -0.2) is 23.9 Å². The number of anilines is 2. The molecule has 37 heavy (non-hydrogen) atoms. The van der Waals surface area contributed by atoms with Crippen molar-refractivity contribution < 1.29 is 14.3 Å². The molecule has 2 amide bonds. The second-order valence-electron chi connectivity index (χ2n) is 8.66. The molecular weight excluding hydrogens is 462 g/mol. The van der Waals surface area contributed by atoms with Gasteiger partial charge in [0.15, 0.2) is 0 Å². The van der Waals surface area contributed by atoms with Crippen molar-refractivity contribution in [2.24, 2.45) is 0 Å². The number of fused-ring (bicyclic) bond motifs is 1. The second kappa shape index (κ2) is 10.3. The quantitative estimate of drug-likeness (QED) is 0.278. The monoisotopic (exact) mass is 487 g/mol. The summed E-state index contributed by atoms with van der Waals surface area (Å²) in [6.45, 7) is 1.98. The van der Waals surface area contributed by atoms with Gasteiger partial charge in [-0.2, -0.15) is 0 Å². The molecule has 5 rings (SSSR count). The molecule has 6 nitrogen and oxygen atoms in total. The predicted molar refractivity (Wildman–Crippen MR) is 147 cm³/mol. The number of carbonyl (C=O) groups excluding carboxylic acids is 2. The first kappa shape index (κ1) is 23.8. The lowest BCUT2D eigenvalue weighted by Crippen LogP contribution is -2.15. The zero-order valence-corrected chi connectivity index (χ0v) is 20.5. The Morgan fingerprint density at radius 2 is 1.46 bits per heavy atom. The number of rotatable bonds is 6. The number of nitrogens with one attached hydrogen (secondary N) is 2. The molecule has 2 N–H and O–H groups in total. The third-order valence-corrected chi connectivity index (χ3v) is 6.01. The van der Waals surface area contributed by atoms with Crippen LogP contribution in [0.2, 0.25) is 0 Å². The number of benzene rings is 4. The fourth-order valence-corrected chi connectivity index (χ4v) is 4.10. The Kier molecular flexibility index (Phi) is 6.64. The summed E-state index contributed by atoms with van der Waals surface area (Å²) in [6.07, 6.45) is 0. The van der Waals surface area contributed by atoms with Gasteiger partial charge >= 0.3 is 0 Å². The van der Waals surface area contributed by atoms with Crippen molar-refractivity contribution >= 4 is 34.1 Å². The number of carbonyl (C=O) groups is 2. The first-order chi connectivity index (χ1) is 18.0. The average Bonchev–Trinajstić information content (AvgIpc) is 2.93. The highest BCUT2D eigenvalue weighted by Crippen LogP contribution is 2.28. The van der Waals surface area contributed by atoms with Crippen LogP contribution in [0.1, 0.15) is 26.3 Å². The Morgan fingerprint density at radius 1 is 0.730 bits per heavy atom. The maximum absolute atomic E-state index is 13.5. The molecule has 182 valence electrons. The Hall–Kier alpha value is -4.97. The van der Waals surface area contributed by atoms with Gasteiger partial charge in [0, 0.05) is 27.9 Å². The molecule has 0 spiro atoms. The minimum atomic E-state index is -0.284. The Bertz CT molecular complexity index is 1600. The van der Waals surface area contributed by atoms with Crippen LogP contribution in [0, 0.1) is 6.92 Å². The van der Waals surface area contributed by atoms with E-state index in [2.05, 4.69) is 10.6 Å². The fraction of sp³-hybridized carbons (Fsp3) is 0.0645. The zero-order chi connectivity index (χ0) is 25.8. The smallest absolute Gasteiger partial charge is 0.256 e. The molecule has 0 aliphatic carbocycles. The third kappa shape index (κ3) is 5.33. The van der Waals surface area contributed by atoms with Crippen molar-refractivity contribution in [1.29, 1.82) is 0 Å². The number of aryl methyl sites for hydroxylation is 1. The lowest BCUT2D eigenvalue weighted by molar-refractivity contribution is 0.101. The van der Waals surface area contributed by atoms with E-state index >= 15 is 0 Å². The van der Waals surface area contributed by atoms with E-state index in [-0.39, 0.29) is 11.8 Å². The highest BCUT2D eigenvalue weighted by Gasteiger charge is 2.16. The third-order valence-electron chi connectivity index (χ3n) is 6.01. The molecule has 0 atom stereocenters. The van der Waals surface area contributed by atoms with Gasteiger partial charge in [0.25, 0.3) is 11.8 Å². The summed E-state index contributed by atoms with van der Waals surface area (Å²) in [6, 6.07) is 31.3. The molecule has 0 unspecified atom stereocenters. The first-order valence-electron chi connectivity index (χ1n) is 11.8. The Balaban J connectivity index is 1.46. The molecule has 4 aromatic carbocycles. The van der Waals surface area contributed by atoms with Crippen molar-refractivity contribution in [2.45, 2.75) is 6.92 Å². The van der Waals surface area contributed by atoms with E-state index in [1.807, 2.05) is 79.7 Å². The average molecular weight is 488 g/mol. The van der Waals surface area contributed by atoms with Gasteiger partial charge < -0.3 is 15.4 Å². The summed E-state index contributed by atoms with van der Waals surface area (Å²) in [5.41, 5.74) is 5.47. The summed E-state index contributed by atoms with van der Waals surface area (Å²) in [5.74, 6) is 0.205. The molecule has 0 aliphatic heterocycles. The predicted octanol–water partition coefficient (Wildman–Crippen LogP) is 6.72. The van der Waals surface area contributed by atoms with Crippen molar-refractivity contribution in [2.75, 3.05) is 17.7 Å². The van der Waals surface area contributed by atoms with Crippen LogP contribution < -0.4 is 15.4 Å². The van der Waals surface area contributed by atoms with Crippen molar-refractivity contribution in [3.05, 3.63) is 120 Å². The number of nitrogens with zero attached hydrogens (tertiary/aromatic N) is 1. The van der Waals surface area contributed by atoms with Crippen LogP contribution >= 0.6 is 0 Å². The number of aromatic nitrogens is 1. The topological polar surface area (TPSA) is 80.3 Å². The van der Waals surface area contributed by atoms with Crippen LogP contribution in [0.15, 0.2) is 103 Å². The molecule has 0 radical (unpaired) electrons. The molecule has 0 fully saturated rings. The second-order valence-corrected chi connectivity index (χ2v) is 8.66. The molecule has 0 saturated heterocycles. The van der Waals surface area contributed by atoms with Crippen LogP contribution in [-0.2, 0) is 0 Å². The molecule has 1 heterocycles. The van der Waals surface area contributed by atoms with Gasteiger partial charge in [-0.15, -0.1) is 0 Å². The van der Waals surface area contributed by atoms with Gasteiger partial charge in [0.05, 0.1) is 23.9 Å². The number of para-hydroxylation sites is 1.